The largest absolute Gasteiger partial charge is 0.383 e. The van der Waals surface area contributed by atoms with Crippen LogP contribution in [0.2, 0.25) is 0 Å². The molecule has 1 saturated heterocycles. The second-order valence-electron chi connectivity index (χ2n) is 3.92. The molecule has 92 valence electrons. The highest BCUT2D eigenvalue weighted by molar-refractivity contribution is 7.99. The van der Waals surface area contributed by atoms with E-state index in [-0.39, 0.29) is 11.5 Å². The summed E-state index contributed by atoms with van der Waals surface area (Å²) in [5.74, 6) is 2.89. The monoisotopic (exact) mass is 254 g/mol. The van der Waals surface area contributed by atoms with Crippen LogP contribution in [0.5, 0.6) is 0 Å². The van der Waals surface area contributed by atoms with Crippen molar-refractivity contribution in [3.05, 3.63) is 22.2 Å². The van der Waals surface area contributed by atoms with Crippen molar-refractivity contribution in [1.29, 1.82) is 0 Å². The Morgan fingerprint density at radius 3 is 2.82 bits per heavy atom. The van der Waals surface area contributed by atoms with Crippen molar-refractivity contribution in [2.75, 3.05) is 22.6 Å². The lowest BCUT2D eigenvalue weighted by molar-refractivity contribution is -0.384. The molecule has 1 aromatic heterocycles. The predicted octanol–water partition coefficient (Wildman–Crippen LogP) is 1.88. The van der Waals surface area contributed by atoms with E-state index in [0.29, 0.717) is 11.9 Å². The number of nitrogen functional groups attached to an aromatic ring is 1. The average molecular weight is 254 g/mol. The Bertz CT molecular complexity index is 421. The summed E-state index contributed by atoms with van der Waals surface area (Å²) >= 11 is 1.93. The highest BCUT2D eigenvalue weighted by Crippen LogP contribution is 2.23. The molecule has 2 heterocycles. The molecule has 1 fully saturated rings. The molecule has 2 rings (SSSR count). The van der Waals surface area contributed by atoms with Crippen LogP contribution in [-0.4, -0.2) is 27.5 Å². The van der Waals surface area contributed by atoms with Gasteiger partial charge in [0.05, 0.1) is 17.1 Å². The van der Waals surface area contributed by atoms with E-state index in [0.717, 1.165) is 24.3 Å². The standard InChI is InChI=1S/C10H14N4O2S/c11-9-5-8(14(15)16)6-10(13-9)12-7-1-3-17-4-2-7/h5-7H,1-4H2,(H3,11,12,13). The first kappa shape index (κ1) is 12.0. The van der Waals surface area contributed by atoms with E-state index in [1.54, 1.807) is 0 Å². The van der Waals surface area contributed by atoms with Gasteiger partial charge in [0.2, 0.25) is 0 Å². The van der Waals surface area contributed by atoms with Crippen LogP contribution in [0, 0.1) is 10.1 Å². The van der Waals surface area contributed by atoms with Crippen molar-refractivity contribution >= 4 is 29.1 Å². The molecule has 0 aromatic carbocycles. The van der Waals surface area contributed by atoms with Gasteiger partial charge in [0.15, 0.2) is 0 Å². The van der Waals surface area contributed by atoms with Crippen molar-refractivity contribution in [2.24, 2.45) is 0 Å². The zero-order valence-electron chi connectivity index (χ0n) is 9.26. The van der Waals surface area contributed by atoms with Gasteiger partial charge < -0.3 is 11.1 Å². The zero-order chi connectivity index (χ0) is 12.3. The SMILES string of the molecule is Nc1cc([N+](=O)[O-])cc(NC2CCSCC2)n1. The molecule has 7 heteroatoms. The summed E-state index contributed by atoms with van der Waals surface area (Å²) in [6.45, 7) is 0. The molecule has 0 aliphatic carbocycles. The molecular formula is C10H14N4O2S. The third kappa shape index (κ3) is 3.23. The summed E-state index contributed by atoms with van der Waals surface area (Å²) in [4.78, 5) is 14.3. The maximum atomic E-state index is 10.7. The quantitative estimate of drug-likeness (QED) is 0.631. The fraction of sp³-hybridized carbons (Fsp3) is 0.500. The predicted molar refractivity (Wildman–Crippen MR) is 69.3 cm³/mol. The molecule has 0 radical (unpaired) electrons. The summed E-state index contributed by atoms with van der Waals surface area (Å²) in [5.41, 5.74) is 5.52. The minimum absolute atomic E-state index is 0.0230. The first-order valence-corrected chi connectivity index (χ1v) is 6.57. The number of pyridine rings is 1. The molecule has 1 aliphatic heterocycles. The van der Waals surface area contributed by atoms with E-state index in [4.69, 9.17) is 5.73 Å². The number of hydrogen-bond donors (Lipinski definition) is 2. The molecule has 0 spiro atoms. The number of aromatic nitrogens is 1. The van der Waals surface area contributed by atoms with Crippen LogP contribution in [-0.2, 0) is 0 Å². The smallest absolute Gasteiger partial charge is 0.276 e. The maximum absolute atomic E-state index is 10.7. The summed E-state index contributed by atoms with van der Waals surface area (Å²) in [7, 11) is 0. The van der Waals surface area contributed by atoms with Crippen molar-refractivity contribution < 1.29 is 4.92 Å². The summed E-state index contributed by atoms with van der Waals surface area (Å²) in [6, 6.07) is 3.03. The molecule has 0 saturated carbocycles. The number of nitrogens with zero attached hydrogens (tertiary/aromatic N) is 2. The third-order valence-corrected chi connectivity index (χ3v) is 3.66. The number of anilines is 2. The van der Waals surface area contributed by atoms with E-state index in [2.05, 4.69) is 10.3 Å². The molecule has 1 aromatic rings. The lowest BCUT2D eigenvalue weighted by Gasteiger charge is -2.22. The molecule has 0 atom stereocenters. The zero-order valence-corrected chi connectivity index (χ0v) is 10.1. The van der Waals surface area contributed by atoms with Crippen molar-refractivity contribution in [2.45, 2.75) is 18.9 Å². The lowest BCUT2D eigenvalue weighted by Crippen LogP contribution is -2.25. The number of hydrogen-bond acceptors (Lipinski definition) is 6. The average Bonchev–Trinajstić information content (AvgIpc) is 2.29. The van der Waals surface area contributed by atoms with Gasteiger partial charge in [0.25, 0.3) is 5.69 Å². The fourth-order valence-corrected chi connectivity index (χ4v) is 2.87. The topological polar surface area (TPSA) is 94.1 Å². The van der Waals surface area contributed by atoms with Gasteiger partial charge in [-0.2, -0.15) is 11.8 Å². The van der Waals surface area contributed by atoms with Gasteiger partial charge in [-0.05, 0) is 24.3 Å². The maximum Gasteiger partial charge on any atom is 0.276 e. The van der Waals surface area contributed by atoms with Crippen LogP contribution in [0.15, 0.2) is 12.1 Å². The Kier molecular flexibility index (Phi) is 3.68. The van der Waals surface area contributed by atoms with Crippen LogP contribution in [0.1, 0.15) is 12.8 Å². The molecule has 0 bridgehead atoms. The first-order valence-electron chi connectivity index (χ1n) is 5.41. The molecule has 3 N–H and O–H groups in total. The highest BCUT2D eigenvalue weighted by Gasteiger charge is 2.16. The lowest BCUT2D eigenvalue weighted by atomic mass is 10.1. The van der Waals surface area contributed by atoms with Crippen LogP contribution >= 0.6 is 11.8 Å². The van der Waals surface area contributed by atoms with E-state index < -0.39 is 4.92 Å². The van der Waals surface area contributed by atoms with Gasteiger partial charge in [0.1, 0.15) is 11.6 Å². The van der Waals surface area contributed by atoms with Crippen LogP contribution in [0.4, 0.5) is 17.3 Å². The van der Waals surface area contributed by atoms with Gasteiger partial charge in [-0.1, -0.05) is 0 Å². The highest BCUT2D eigenvalue weighted by atomic mass is 32.2. The Hall–Kier alpha value is -1.50. The molecule has 6 nitrogen and oxygen atoms in total. The van der Waals surface area contributed by atoms with Crippen LogP contribution in [0.25, 0.3) is 0 Å². The summed E-state index contributed by atoms with van der Waals surface area (Å²) < 4.78 is 0. The van der Waals surface area contributed by atoms with Crippen molar-refractivity contribution in [3.8, 4) is 0 Å². The van der Waals surface area contributed by atoms with E-state index in [1.165, 1.54) is 12.1 Å². The molecular weight excluding hydrogens is 240 g/mol. The second-order valence-corrected chi connectivity index (χ2v) is 5.15. The van der Waals surface area contributed by atoms with E-state index in [9.17, 15) is 10.1 Å². The van der Waals surface area contributed by atoms with Gasteiger partial charge in [-0.25, -0.2) is 4.98 Å². The number of nitro groups is 1. The van der Waals surface area contributed by atoms with Gasteiger partial charge >= 0.3 is 0 Å². The summed E-state index contributed by atoms with van der Waals surface area (Å²) in [5, 5.41) is 13.9. The van der Waals surface area contributed by atoms with Crippen molar-refractivity contribution in [3.63, 3.8) is 0 Å². The normalized spacial score (nSPS) is 16.7. The van der Waals surface area contributed by atoms with E-state index in [1.807, 2.05) is 11.8 Å². The first-order chi connectivity index (χ1) is 8.15. The van der Waals surface area contributed by atoms with Gasteiger partial charge in [0, 0.05) is 6.04 Å². The second kappa shape index (κ2) is 5.22. The number of nitrogens with two attached hydrogens (primary N) is 1. The van der Waals surface area contributed by atoms with Crippen LogP contribution < -0.4 is 11.1 Å². The summed E-state index contributed by atoms with van der Waals surface area (Å²) in [6.07, 6.45) is 2.10. The van der Waals surface area contributed by atoms with E-state index >= 15 is 0 Å². The van der Waals surface area contributed by atoms with Crippen molar-refractivity contribution in [1.82, 2.24) is 4.98 Å². The molecule has 17 heavy (non-hydrogen) atoms. The minimum atomic E-state index is -0.458. The third-order valence-electron chi connectivity index (χ3n) is 2.61. The van der Waals surface area contributed by atoms with Crippen LogP contribution in [0.3, 0.4) is 0 Å². The number of thioether (sulfide) groups is 1. The number of nitrogens with one attached hydrogen (secondary N) is 1. The number of rotatable bonds is 3. The Labute approximate surface area is 103 Å². The molecule has 0 unspecified atom stereocenters. The molecule has 1 aliphatic rings. The minimum Gasteiger partial charge on any atom is -0.383 e. The fourth-order valence-electron chi connectivity index (χ4n) is 1.77. The molecule has 0 amide bonds. The van der Waals surface area contributed by atoms with Gasteiger partial charge in [-0.15, -0.1) is 0 Å². The Morgan fingerprint density at radius 1 is 1.47 bits per heavy atom. The Balaban J connectivity index is 2.11. The Morgan fingerprint density at radius 2 is 2.18 bits per heavy atom. The van der Waals surface area contributed by atoms with Gasteiger partial charge in [-0.3, -0.25) is 10.1 Å².